The predicted molar refractivity (Wildman–Crippen MR) is 236 cm³/mol. The SMILES string of the molecule is c1ccn(P(Oc2cncc(OP(n3cccc3)n3cccc3)c2-c2c(OP(n3cccc3)n3cccc3)cncc2OP(n2cccc2)n2cccc2)n2cccc2)c1. The van der Waals surface area contributed by atoms with Gasteiger partial charge in [0.2, 0.25) is 0 Å². The van der Waals surface area contributed by atoms with E-state index in [1.807, 2.05) is 196 Å². The Morgan fingerprint density at radius 3 is 0.550 bits per heavy atom. The number of rotatable bonds is 17. The summed E-state index contributed by atoms with van der Waals surface area (Å²) in [6, 6.07) is 31.8. The van der Waals surface area contributed by atoms with E-state index < -0.39 is 33.8 Å². The van der Waals surface area contributed by atoms with E-state index in [0.717, 1.165) is 0 Å². The Kier molecular flexibility index (Phi) is 10.9. The molecule has 0 aliphatic carbocycles. The first-order valence-corrected chi connectivity index (χ1v) is 23.4. The second-order valence-electron chi connectivity index (χ2n) is 12.9. The predicted octanol–water partition coefficient (Wildman–Crippen LogP) is 11.4. The van der Waals surface area contributed by atoms with Crippen LogP contribution in [0.2, 0.25) is 0 Å². The van der Waals surface area contributed by atoms with Gasteiger partial charge in [-0.2, -0.15) is 0 Å². The van der Waals surface area contributed by atoms with Crippen molar-refractivity contribution in [3.63, 3.8) is 0 Å². The van der Waals surface area contributed by atoms with Crippen molar-refractivity contribution in [2.45, 2.75) is 0 Å². The minimum atomic E-state index is -1.51. The highest BCUT2D eigenvalue weighted by Crippen LogP contribution is 2.57. The molecule has 0 unspecified atom stereocenters. The van der Waals surface area contributed by atoms with Crippen molar-refractivity contribution in [1.82, 2.24) is 44.7 Å². The van der Waals surface area contributed by atoms with Crippen molar-refractivity contribution < 1.29 is 18.1 Å². The van der Waals surface area contributed by atoms with Crippen molar-refractivity contribution >= 4 is 33.8 Å². The van der Waals surface area contributed by atoms with E-state index in [-0.39, 0.29) is 0 Å². The van der Waals surface area contributed by atoms with Crippen LogP contribution >= 0.6 is 33.8 Å². The fraction of sp³-hybridized carbons (Fsp3) is 0. The number of aromatic nitrogens is 10. The molecule has 0 bridgehead atoms. The van der Waals surface area contributed by atoms with Gasteiger partial charge in [0.05, 0.1) is 35.9 Å². The minimum absolute atomic E-state index is 0.453. The van der Waals surface area contributed by atoms with Crippen LogP contribution in [0.1, 0.15) is 0 Å². The Bertz CT molecular complexity index is 2280. The van der Waals surface area contributed by atoms with Gasteiger partial charge in [0.1, 0.15) is 0 Å². The second kappa shape index (κ2) is 17.4. The van der Waals surface area contributed by atoms with E-state index in [2.05, 4.69) is 34.7 Å². The summed E-state index contributed by atoms with van der Waals surface area (Å²) >= 11 is 0. The molecular formula is C42H36N10O4P4. The van der Waals surface area contributed by atoms with Crippen molar-refractivity contribution in [2.24, 2.45) is 0 Å². The van der Waals surface area contributed by atoms with Gasteiger partial charge >= 0.3 is 33.8 Å². The third-order valence-electron chi connectivity index (χ3n) is 9.01. The number of pyridine rings is 2. The number of hydrogen-bond acceptors (Lipinski definition) is 6. The summed E-state index contributed by atoms with van der Waals surface area (Å²) < 4.78 is 45.2. The molecule has 0 fully saturated rings. The van der Waals surface area contributed by atoms with Gasteiger partial charge in [0, 0.05) is 99.1 Å². The summed E-state index contributed by atoms with van der Waals surface area (Å²) in [5.74, 6) is 1.81. The third kappa shape index (κ3) is 7.82. The van der Waals surface area contributed by atoms with Crippen LogP contribution < -0.4 is 18.1 Å². The van der Waals surface area contributed by atoms with Crippen molar-refractivity contribution in [1.29, 1.82) is 0 Å². The van der Waals surface area contributed by atoms with Gasteiger partial charge in [0.25, 0.3) is 0 Å². The maximum atomic E-state index is 7.20. The van der Waals surface area contributed by atoms with Gasteiger partial charge in [-0.25, -0.2) is 0 Å². The molecule has 10 aromatic heterocycles. The summed E-state index contributed by atoms with van der Waals surface area (Å²) in [6.07, 6.45) is 38.8. The van der Waals surface area contributed by atoms with Gasteiger partial charge in [-0.1, -0.05) is 0 Å². The van der Waals surface area contributed by atoms with Crippen LogP contribution in [0.25, 0.3) is 11.1 Å². The topological polar surface area (TPSA) is 102 Å². The average molecular weight is 869 g/mol. The lowest BCUT2D eigenvalue weighted by Crippen LogP contribution is -2.09. The molecular weight excluding hydrogens is 832 g/mol. The zero-order chi connectivity index (χ0) is 40.1. The summed E-state index contributed by atoms with van der Waals surface area (Å²) in [5.41, 5.74) is 1.17. The van der Waals surface area contributed by atoms with Crippen LogP contribution in [0, 0.1) is 0 Å². The van der Waals surface area contributed by atoms with Gasteiger partial charge in [0.15, 0.2) is 23.0 Å². The van der Waals surface area contributed by atoms with Gasteiger partial charge < -0.3 is 18.1 Å². The third-order valence-corrected chi connectivity index (χ3v) is 15.7. The standard InChI is InChI=1S/C42H36N10O4P4/c1-2-18-45(17-1)57(46-19-3-4-20-46)53-37-33-43-34-38(54-58(47-21-5-6-22-47)48-23-7-8-24-48)41(37)42-39(55-59(49-25-9-10-26-49)50-27-11-12-28-50)35-44-36-40(42)56-60(51-29-13-14-30-51)52-31-15-16-32-52/h1-36H. The molecule has 0 saturated heterocycles. The minimum Gasteiger partial charge on any atom is -0.433 e. The Balaban J connectivity index is 1.20. The second-order valence-corrected chi connectivity index (χ2v) is 19.3. The lowest BCUT2D eigenvalue weighted by atomic mass is 10.0. The molecule has 14 nitrogen and oxygen atoms in total. The Hall–Kier alpha value is -6.54. The summed E-state index contributed by atoms with van der Waals surface area (Å²) in [7, 11) is -6.04. The monoisotopic (exact) mass is 868 g/mol. The normalized spacial score (nSPS) is 11.6. The van der Waals surface area contributed by atoms with E-state index >= 15 is 0 Å². The molecule has 0 aliphatic heterocycles. The molecule has 0 spiro atoms. The van der Waals surface area contributed by atoms with E-state index in [1.54, 1.807) is 24.8 Å². The van der Waals surface area contributed by atoms with E-state index in [9.17, 15) is 0 Å². The average Bonchev–Trinajstić information content (AvgIpc) is 4.13. The molecule has 10 rings (SSSR count). The lowest BCUT2D eigenvalue weighted by molar-refractivity contribution is 0.550. The Labute approximate surface area is 350 Å². The molecule has 18 heteroatoms. The van der Waals surface area contributed by atoms with Gasteiger partial charge in [-0.3, -0.25) is 44.7 Å². The van der Waals surface area contributed by atoms with Gasteiger partial charge in [-0.15, -0.1) is 0 Å². The van der Waals surface area contributed by atoms with Crippen LogP contribution in [0.15, 0.2) is 221 Å². The van der Waals surface area contributed by atoms with Crippen LogP contribution in [-0.4, -0.2) is 44.7 Å². The molecule has 0 N–H and O–H groups in total. The van der Waals surface area contributed by atoms with Crippen LogP contribution in [-0.2, 0) is 0 Å². The molecule has 60 heavy (non-hydrogen) atoms. The Morgan fingerprint density at radius 1 is 0.250 bits per heavy atom. The zero-order valence-electron chi connectivity index (χ0n) is 31.7. The van der Waals surface area contributed by atoms with Crippen LogP contribution in [0.4, 0.5) is 0 Å². The van der Waals surface area contributed by atoms with Gasteiger partial charge in [-0.05, 0) is 97.1 Å². The summed E-state index contributed by atoms with van der Waals surface area (Å²) in [5, 5.41) is 0. The molecule has 0 aliphatic rings. The molecule has 0 radical (unpaired) electrons. The first kappa shape index (κ1) is 37.7. The highest BCUT2D eigenvalue weighted by Gasteiger charge is 2.32. The first-order valence-electron chi connectivity index (χ1n) is 18.7. The molecule has 0 saturated carbocycles. The summed E-state index contributed by atoms with van der Waals surface area (Å²) in [4.78, 5) is 9.55. The van der Waals surface area contributed by atoms with E-state index in [4.69, 9.17) is 28.1 Å². The highest BCUT2D eigenvalue weighted by atomic mass is 31.2. The molecule has 10 aromatic rings. The maximum Gasteiger partial charge on any atom is 0.317 e. The maximum absolute atomic E-state index is 7.20. The van der Waals surface area contributed by atoms with Crippen molar-refractivity contribution in [2.75, 3.05) is 0 Å². The smallest absolute Gasteiger partial charge is 0.317 e. The van der Waals surface area contributed by atoms with Crippen LogP contribution in [0.3, 0.4) is 0 Å². The number of nitrogens with zero attached hydrogens (tertiary/aromatic N) is 10. The first-order chi connectivity index (χ1) is 29.8. The fourth-order valence-electron chi connectivity index (χ4n) is 6.34. The fourth-order valence-corrected chi connectivity index (χ4v) is 12.4. The summed E-state index contributed by atoms with van der Waals surface area (Å²) in [6.45, 7) is 0. The molecule has 0 amide bonds. The largest absolute Gasteiger partial charge is 0.433 e. The molecule has 0 aromatic carbocycles. The van der Waals surface area contributed by atoms with E-state index in [0.29, 0.717) is 34.1 Å². The molecule has 10 heterocycles. The highest BCUT2D eigenvalue weighted by molar-refractivity contribution is 7.50. The quantitative estimate of drug-likeness (QED) is 0.0845. The van der Waals surface area contributed by atoms with E-state index in [1.165, 1.54) is 0 Å². The molecule has 298 valence electrons. The van der Waals surface area contributed by atoms with Crippen molar-refractivity contribution in [3.8, 4) is 34.1 Å². The number of hydrogen-bond donors (Lipinski definition) is 0. The molecule has 0 atom stereocenters. The Morgan fingerprint density at radius 2 is 0.400 bits per heavy atom. The van der Waals surface area contributed by atoms with Crippen molar-refractivity contribution in [3.05, 3.63) is 221 Å². The lowest BCUT2D eigenvalue weighted by Gasteiger charge is -2.28. The zero-order valence-corrected chi connectivity index (χ0v) is 35.3. The van der Waals surface area contributed by atoms with Crippen LogP contribution in [0.5, 0.6) is 23.0 Å².